The van der Waals surface area contributed by atoms with Gasteiger partial charge in [-0.05, 0) is 19.3 Å². The van der Waals surface area contributed by atoms with E-state index in [2.05, 4.69) is 28.8 Å². The molecule has 0 spiro atoms. The Bertz CT molecular complexity index is 934. The molecule has 2 fully saturated rings. The van der Waals surface area contributed by atoms with Gasteiger partial charge in [-0.1, -0.05) is 13.8 Å². The number of piperidine rings is 1. The molecule has 172 valence electrons. The van der Waals surface area contributed by atoms with E-state index in [1.54, 1.807) is 4.68 Å². The van der Waals surface area contributed by atoms with Crippen LogP contribution in [0.15, 0.2) is 0 Å². The zero-order valence-corrected chi connectivity index (χ0v) is 18.7. The van der Waals surface area contributed by atoms with Crippen molar-refractivity contribution in [3.05, 3.63) is 5.69 Å². The molecule has 4 heterocycles. The maximum absolute atomic E-state index is 14.6. The van der Waals surface area contributed by atoms with Gasteiger partial charge in [0.05, 0.1) is 32.1 Å². The van der Waals surface area contributed by atoms with E-state index >= 15 is 0 Å². The first-order valence-corrected chi connectivity index (χ1v) is 11.0. The number of hydrogen-bond acceptors (Lipinski definition) is 7. The number of alkyl halides is 2. The Morgan fingerprint density at radius 2 is 2.00 bits per heavy atom. The zero-order valence-electron chi connectivity index (χ0n) is 18.7. The number of aryl methyl sites for hydroxylation is 2. The fourth-order valence-corrected chi connectivity index (χ4v) is 4.48. The van der Waals surface area contributed by atoms with Gasteiger partial charge >= 0.3 is 0 Å². The highest BCUT2D eigenvalue weighted by Crippen LogP contribution is 2.36. The van der Waals surface area contributed by atoms with Crippen LogP contribution in [0.1, 0.15) is 26.0 Å². The van der Waals surface area contributed by atoms with E-state index in [1.807, 2.05) is 14.0 Å². The van der Waals surface area contributed by atoms with E-state index in [0.717, 1.165) is 17.8 Å². The molecule has 2 aliphatic heterocycles. The molecule has 0 saturated carbocycles. The van der Waals surface area contributed by atoms with E-state index in [4.69, 9.17) is 9.72 Å². The number of aliphatic hydroxyl groups excluding tert-OH is 1. The molecule has 2 aromatic rings. The van der Waals surface area contributed by atoms with Gasteiger partial charge in [0.15, 0.2) is 5.82 Å². The molecule has 8 nitrogen and oxygen atoms in total. The lowest BCUT2D eigenvalue weighted by Gasteiger charge is -2.38. The van der Waals surface area contributed by atoms with Crippen LogP contribution in [0, 0.1) is 24.7 Å². The van der Waals surface area contributed by atoms with Crippen LogP contribution in [0.3, 0.4) is 0 Å². The molecule has 2 aliphatic rings. The minimum absolute atomic E-state index is 0.194. The summed E-state index contributed by atoms with van der Waals surface area (Å²) in [6, 6.07) is 0. The lowest BCUT2D eigenvalue weighted by molar-refractivity contribution is -0.0821. The summed E-state index contributed by atoms with van der Waals surface area (Å²) in [5.74, 6) is -2.22. The Kier molecular flexibility index (Phi) is 6.04. The van der Waals surface area contributed by atoms with Crippen molar-refractivity contribution >= 4 is 22.8 Å². The second-order valence-corrected chi connectivity index (χ2v) is 9.13. The van der Waals surface area contributed by atoms with E-state index in [0.29, 0.717) is 55.4 Å². The van der Waals surface area contributed by atoms with E-state index < -0.39 is 25.0 Å². The number of hydrogen-bond donors (Lipinski definition) is 1. The molecule has 2 atom stereocenters. The number of rotatable bonds is 4. The predicted molar refractivity (Wildman–Crippen MR) is 115 cm³/mol. The van der Waals surface area contributed by atoms with Crippen LogP contribution in [-0.2, 0) is 11.8 Å². The van der Waals surface area contributed by atoms with E-state index in [-0.39, 0.29) is 6.42 Å². The Labute approximate surface area is 181 Å². The van der Waals surface area contributed by atoms with Gasteiger partial charge < -0.3 is 19.6 Å². The fraction of sp³-hybridized carbons (Fsp3) is 0.762. The number of aliphatic hydroxyl groups is 1. The normalized spacial score (nSPS) is 24.8. The van der Waals surface area contributed by atoms with Gasteiger partial charge in [0.25, 0.3) is 5.92 Å². The summed E-state index contributed by atoms with van der Waals surface area (Å²) in [5, 5.41) is 13.8. The molecular weight excluding hydrogens is 406 g/mol. The zero-order chi connectivity index (χ0) is 22.3. The molecule has 0 aromatic carbocycles. The first-order chi connectivity index (χ1) is 14.7. The van der Waals surface area contributed by atoms with Crippen molar-refractivity contribution in [2.45, 2.75) is 33.1 Å². The SMILES string of the molecule is Cc1nn(C)c2c(N3CCOCC(C(C)C)C3)nc(N3CCC(CO)C(F)(F)C3)nc12. The topological polar surface area (TPSA) is 79.5 Å². The maximum Gasteiger partial charge on any atom is 0.270 e. The van der Waals surface area contributed by atoms with Gasteiger partial charge in [-0.15, -0.1) is 0 Å². The monoisotopic (exact) mass is 438 g/mol. The molecule has 31 heavy (non-hydrogen) atoms. The molecule has 0 aliphatic carbocycles. The highest BCUT2D eigenvalue weighted by atomic mass is 19.3. The highest BCUT2D eigenvalue weighted by Gasteiger charge is 2.45. The second-order valence-electron chi connectivity index (χ2n) is 9.13. The van der Waals surface area contributed by atoms with Crippen molar-refractivity contribution in [3.63, 3.8) is 0 Å². The molecular formula is C21H32F2N6O2. The average molecular weight is 439 g/mol. The Balaban J connectivity index is 1.76. The van der Waals surface area contributed by atoms with E-state index in [9.17, 15) is 13.9 Å². The minimum Gasteiger partial charge on any atom is -0.396 e. The van der Waals surface area contributed by atoms with Crippen molar-refractivity contribution in [2.24, 2.45) is 24.8 Å². The molecule has 0 radical (unpaired) electrons. The lowest BCUT2D eigenvalue weighted by Crippen LogP contribution is -2.50. The summed E-state index contributed by atoms with van der Waals surface area (Å²) in [4.78, 5) is 13.2. The molecule has 1 N–H and O–H groups in total. The molecule has 2 unspecified atom stereocenters. The number of aromatic nitrogens is 4. The first-order valence-electron chi connectivity index (χ1n) is 11.0. The third kappa shape index (κ3) is 4.19. The van der Waals surface area contributed by atoms with Crippen molar-refractivity contribution in [2.75, 3.05) is 55.8 Å². The van der Waals surface area contributed by atoms with Crippen LogP contribution in [0.25, 0.3) is 11.0 Å². The summed E-state index contributed by atoms with van der Waals surface area (Å²) in [5.41, 5.74) is 2.23. The Morgan fingerprint density at radius 1 is 1.23 bits per heavy atom. The Hall–Kier alpha value is -2.07. The number of ether oxygens (including phenoxy) is 1. The molecule has 2 aromatic heterocycles. The molecule has 0 amide bonds. The van der Waals surface area contributed by atoms with Crippen molar-refractivity contribution in [3.8, 4) is 0 Å². The van der Waals surface area contributed by atoms with Crippen LogP contribution < -0.4 is 9.80 Å². The van der Waals surface area contributed by atoms with Crippen LogP contribution >= 0.6 is 0 Å². The average Bonchev–Trinajstić information content (AvgIpc) is 2.89. The van der Waals surface area contributed by atoms with Crippen LogP contribution in [0.4, 0.5) is 20.5 Å². The first kappa shape index (κ1) is 22.1. The standard InChI is InChI=1S/C21H32F2N6O2/c1-13(2)15-9-28(7-8-31-11-15)19-18-17(14(3)26-27(18)4)24-20(25-19)29-6-5-16(10-30)21(22,23)12-29/h13,15-16,30H,5-12H2,1-4H3. The van der Waals surface area contributed by atoms with Gasteiger partial charge in [0, 0.05) is 38.5 Å². The lowest BCUT2D eigenvalue weighted by atomic mass is 9.94. The number of nitrogens with zero attached hydrogens (tertiary/aromatic N) is 6. The molecule has 10 heteroatoms. The van der Waals surface area contributed by atoms with Gasteiger partial charge in [0.1, 0.15) is 11.0 Å². The summed E-state index contributed by atoms with van der Waals surface area (Å²) in [6.45, 7) is 8.32. The minimum atomic E-state index is -2.99. The van der Waals surface area contributed by atoms with Crippen molar-refractivity contribution < 1.29 is 18.6 Å². The van der Waals surface area contributed by atoms with Gasteiger partial charge in [-0.25, -0.2) is 13.8 Å². The summed E-state index contributed by atoms with van der Waals surface area (Å²) < 4.78 is 36.7. The third-order valence-electron chi connectivity index (χ3n) is 6.60. The highest BCUT2D eigenvalue weighted by molar-refractivity contribution is 5.89. The predicted octanol–water partition coefficient (Wildman–Crippen LogP) is 2.23. The van der Waals surface area contributed by atoms with Gasteiger partial charge in [-0.3, -0.25) is 4.68 Å². The maximum atomic E-state index is 14.6. The second kappa shape index (κ2) is 8.46. The van der Waals surface area contributed by atoms with Crippen LogP contribution in [-0.4, -0.2) is 76.8 Å². The van der Waals surface area contributed by atoms with Crippen molar-refractivity contribution in [1.29, 1.82) is 0 Å². The third-order valence-corrected chi connectivity index (χ3v) is 6.60. The quantitative estimate of drug-likeness (QED) is 0.784. The smallest absolute Gasteiger partial charge is 0.270 e. The number of anilines is 2. The van der Waals surface area contributed by atoms with Crippen LogP contribution in [0.5, 0.6) is 0 Å². The molecule has 4 rings (SSSR count). The fourth-order valence-electron chi connectivity index (χ4n) is 4.48. The van der Waals surface area contributed by atoms with Gasteiger partial charge in [-0.2, -0.15) is 10.1 Å². The Morgan fingerprint density at radius 3 is 2.68 bits per heavy atom. The van der Waals surface area contributed by atoms with E-state index in [1.165, 1.54) is 4.90 Å². The number of fused-ring (bicyclic) bond motifs is 1. The largest absolute Gasteiger partial charge is 0.396 e. The summed E-state index contributed by atoms with van der Waals surface area (Å²) in [7, 11) is 1.86. The van der Waals surface area contributed by atoms with Crippen molar-refractivity contribution in [1.82, 2.24) is 19.7 Å². The summed E-state index contributed by atoms with van der Waals surface area (Å²) >= 11 is 0. The van der Waals surface area contributed by atoms with Gasteiger partial charge in [0.2, 0.25) is 5.95 Å². The number of halogens is 2. The van der Waals surface area contributed by atoms with Crippen LogP contribution in [0.2, 0.25) is 0 Å². The summed E-state index contributed by atoms with van der Waals surface area (Å²) in [6.07, 6.45) is 0.194. The molecule has 0 bridgehead atoms. The molecule has 2 saturated heterocycles.